The van der Waals surface area contributed by atoms with Crippen molar-refractivity contribution in [3.63, 3.8) is 0 Å². The summed E-state index contributed by atoms with van der Waals surface area (Å²) in [5.41, 5.74) is 1.14. The predicted molar refractivity (Wildman–Crippen MR) is 117 cm³/mol. The molecule has 1 aliphatic rings. The highest BCUT2D eigenvalue weighted by atomic mass is 79.9. The molecule has 0 fully saturated rings. The van der Waals surface area contributed by atoms with E-state index in [1.807, 2.05) is 18.2 Å². The van der Waals surface area contributed by atoms with Gasteiger partial charge in [0.05, 0.1) is 11.1 Å². The normalized spacial score (nSPS) is 16.3. The number of aromatic nitrogens is 2. The fraction of sp³-hybridized carbons (Fsp3) is 0.0909. The number of rotatable bonds is 2. The Morgan fingerprint density at radius 3 is 2.55 bits per heavy atom. The number of benzene rings is 3. The third-order valence-electron chi connectivity index (χ3n) is 5.27. The van der Waals surface area contributed by atoms with Crippen LogP contribution in [-0.2, 0) is 6.18 Å². The Labute approximate surface area is 183 Å². The van der Waals surface area contributed by atoms with Gasteiger partial charge in [0, 0.05) is 26.7 Å². The Morgan fingerprint density at radius 2 is 1.74 bits per heavy atom. The fourth-order valence-corrected chi connectivity index (χ4v) is 4.24. The van der Waals surface area contributed by atoms with Crippen LogP contribution in [0.2, 0.25) is 0 Å². The molecule has 3 N–H and O–H groups in total. The molecule has 31 heavy (non-hydrogen) atoms. The second-order valence-corrected chi connectivity index (χ2v) is 8.05. The Hall–Kier alpha value is -3.33. The van der Waals surface area contributed by atoms with Crippen molar-refractivity contribution in [1.82, 2.24) is 10.2 Å². The van der Waals surface area contributed by atoms with Crippen molar-refractivity contribution in [3.8, 4) is 0 Å². The Bertz CT molecular complexity index is 1310. The van der Waals surface area contributed by atoms with Gasteiger partial charge in [0.1, 0.15) is 12.0 Å². The van der Waals surface area contributed by atoms with Crippen molar-refractivity contribution in [1.29, 1.82) is 5.41 Å². The van der Waals surface area contributed by atoms with E-state index in [9.17, 15) is 13.2 Å². The van der Waals surface area contributed by atoms with E-state index in [1.54, 1.807) is 30.3 Å². The number of hydrogen-bond donors (Lipinski definition) is 3. The number of para-hydroxylation sites is 1. The van der Waals surface area contributed by atoms with Gasteiger partial charge in [-0.1, -0.05) is 46.3 Å². The molecule has 1 unspecified atom stereocenters. The zero-order valence-electron chi connectivity index (χ0n) is 15.8. The van der Waals surface area contributed by atoms with Gasteiger partial charge >= 0.3 is 6.18 Å². The molecule has 0 saturated heterocycles. The van der Waals surface area contributed by atoms with Gasteiger partial charge in [-0.3, -0.25) is 15.4 Å². The number of hydrogen-bond acceptors (Lipinski definition) is 3. The smallest absolute Gasteiger partial charge is 0.360 e. The lowest BCUT2D eigenvalue weighted by molar-refractivity contribution is -0.138. The number of halogens is 4. The van der Waals surface area contributed by atoms with Crippen LogP contribution >= 0.6 is 15.9 Å². The topological polar surface area (TPSA) is 67.8 Å². The van der Waals surface area contributed by atoms with Crippen LogP contribution in [-0.4, -0.2) is 16.0 Å². The van der Waals surface area contributed by atoms with E-state index in [-0.39, 0.29) is 11.4 Å². The maximum atomic E-state index is 13.8. The number of anilines is 2. The molecule has 9 heteroatoms. The molecule has 0 saturated carbocycles. The highest BCUT2D eigenvalue weighted by Gasteiger charge is 2.40. The van der Waals surface area contributed by atoms with Crippen LogP contribution in [0.25, 0.3) is 10.9 Å². The van der Waals surface area contributed by atoms with Gasteiger partial charge < -0.3 is 5.32 Å². The molecular formula is C22H15BrF3N5. The zero-order valence-corrected chi connectivity index (χ0v) is 17.4. The third kappa shape index (κ3) is 3.25. The monoisotopic (exact) mass is 485 g/mol. The van der Waals surface area contributed by atoms with Gasteiger partial charge in [0.25, 0.3) is 0 Å². The Morgan fingerprint density at radius 1 is 1.00 bits per heavy atom. The Kier molecular flexibility index (Phi) is 4.51. The van der Waals surface area contributed by atoms with Crippen molar-refractivity contribution < 1.29 is 13.2 Å². The number of H-pyrrole nitrogens is 1. The van der Waals surface area contributed by atoms with E-state index in [2.05, 4.69) is 31.4 Å². The molecule has 5 rings (SSSR count). The summed E-state index contributed by atoms with van der Waals surface area (Å²) >= 11 is 3.44. The summed E-state index contributed by atoms with van der Waals surface area (Å²) in [6.07, 6.45) is -5.52. The second-order valence-electron chi connectivity index (χ2n) is 7.13. The molecule has 0 spiro atoms. The van der Waals surface area contributed by atoms with Crippen molar-refractivity contribution in [3.05, 3.63) is 87.9 Å². The average molecular weight is 486 g/mol. The van der Waals surface area contributed by atoms with Gasteiger partial charge in [-0.2, -0.15) is 18.3 Å². The number of fused-ring (bicyclic) bond motifs is 2. The molecule has 0 radical (unpaired) electrons. The first kappa shape index (κ1) is 19.6. The predicted octanol–water partition coefficient (Wildman–Crippen LogP) is 6.30. The largest absolute Gasteiger partial charge is 0.416 e. The van der Waals surface area contributed by atoms with Gasteiger partial charge in [0.2, 0.25) is 0 Å². The molecule has 1 atom stereocenters. The minimum Gasteiger partial charge on any atom is -0.360 e. The van der Waals surface area contributed by atoms with Gasteiger partial charge in [-0.05, 0) is 36.4 Å². The highest BCUT2D eigenvalue weighted by molar-refractivity contribution is 9.10. The first-order chi connectivity index (χ1) is 14.8. The van der Waals surface area contributed by atoms with Gasteiger partial charge in [0.15, 0.2) is 5.82 Å². The lowest BCUT2D eigenvalue weighted by Crippen LogP contribution is -2.44. The van der Waals surface area contributed by atoms with E-state index < -0.39 is 17.9 Å². The average Bonchev–Trinajstić information content (AvgIpc) is 3.16. The van der Waals surface area contributed by atoms with Crippen molar-refractivity contribution in [2.24, 2.45) is 0 Å². The Balaban J connectivity index is 1.76. The maximum Gasteiger partial charge on any atom is 0.416 e. The molecule has 156 valence electrons. The minimum absolute atomic E-state index is 0.0143. The molecule has 5 nitrogen and oxygen atoms in total. The SMILES string of the molecule is N=C1c2ccccc2NC(c2ccccc2C(F)(F)F)N1c1n[nH]c2ccc(Br)cc12. The molecule has 1 aliphatic heterocycles. The lowest BCUT2D eigenvalue weighted by Gasteiger charge is -2.39. The summed E-state index contributed by atoms with van der Waals surface area (Å²) in [4.78, 5) is 1.50. The van der Waals surface area contributed by atoms with Gasteiger partial charge in [-0.25, -0.2) is 0 Å². The lowest BCUT2D eigenvalue weighted by atomic mass is 9.98. The summed E-state index contributed by atoms with van der Waals surface area (Å²) in [5.74, 6) is 0.426. The summed E-state index contributed by atoms with van der Waals surface area (Å²) in [6, 6.07) is 18.0. The molecule has 1 aromatic heterocycles. The molecule has 0 bridgehead atoms. The summed E-state index contributed by atoms with van der Waals surface area (Å²) in [6.45, 7) is 0. The van der Waals surface area contributed by atoms with Crippen molar-refractivity contribution in [2.75, 3.05) is 10.2 Å². The van der Waals surface area contributed by atoms with Crippen molar-refractivity contribution >= 4 is 44.2 Å². The quantitative estimate of drug-likeness (QED) is 0.312. The zero-order chi connectivity index (χ0) is 21.8. The standard InChI is InChI=1S/C22H15BrF3N5/c23-12-9-10-18-15(11-12)21(30-29-18)31-19(27)14-6-2-4-8-17(14)28-20(31)13-5-1-3-7-16(13)22(24,25)26/h1-11,20,27-28H,(H,29,30). The van der Waals surface area contributed by atoms with Crippen LogP contribution in [0.4, 0.5) is 24.7 Å². The number of amidine groups is 1. The molecule has 4 aromatic rings. The van der Waals surface area contributed by atoms with Crippen LogP contribution in [0.3, 0.4) is 0 Å². The molecule has 0 amide bonds. The molecule has 2 heterocycles. The second kappa shape index (κ2) is 7.12. The van der Waals surface area contributed by atoms with E-state index in [1.165, 1.54) is 17.0 Å². The molecular weight excluding hydrogens is 471 g/mol. The first-order valence-corrected chi connectivity index (χ1v) is 10.2. The number of nitrogens with zero attached hydrogens (tertiary/aromatic N) is 2. The molecule has 0 aliphatic carbocycles. The van der Waals surface area contributed by atoms with E-state index in [4.69, 9.17) is 5.41 Å². The number of alkyl halides is 3. The summed E-state index contributed by atoms with van der Waals surface area (Å²) in [5, 5.41) is 20.0. The summed E-state index contributed by atoms with van der Waals surface area (Å²) < 4.78 is 42.3. The van der Waals surface area contributed by atoms with Crippen LogP contribution < -0.4 is 10.2 Å². The summed E-state index contributed by atoms with van der Waals surface area (Å²) in [7, 11) is 0. The number of aromatic amines is 1. The highest BCUT2D eigenvalue weighted by Crippen LogP contribution is 2.42. The van der Waals surface area contributed by atoms with E-state index in [0.29, 0.717) is 28.0 Å². The molecule has 3 aromatic carbocycles. The van der Waals surface area contributed by atoms with Crippen molar-refractivity contribution in [2.45, 2.75) is 12.3 Å². The van der Waals surface area contributed by atoms with E-state index >= 15 is 0 Å². The van der Waals surface area contributed by atoms with Crippen LogP contribution in [0, 0.1) is 5.41 Å². The van der Waals surface area contributed by atoms with Crippen LogP contribution in [0.1, 0.15) is 22.9 Å². The fourth-order valence-electron chi connectivity index (χ4n) is 3.88. The van der Waals surface area contributed by atoms with Gasteiger partial charge in [-0.15, -0.1) is 0 Å². The minimum atomic E-state index is -4.54. The number of nitrogens with one attached hydrogen (secondary N) is 3. The van der Waals surface area contributed by atoms with Crippen LogP contribution in [0.15, 0.2) is 71.2 Å². The third-order valence-corrected chi connectivity index (χ3v) is 5.76. The van der Waals surface area contributed by atoms with E-state index in [0.717, 1.165) is 10.5 Å². The first-order valence-electron chi connectivity index (χ1n) is 9.38. The maximum absolute atomic E-state index is 13.8. The van der Waals surface area contributed by atoms with Crippen LogP contribution in [0.5, 0.6) is 0 Å².